The highest BCUT2D eigenvalue weighted by Crippen LogP contribution is 2.42. The molecule has 0 spiro atoms. The molecule has 3 unspecified atom stereocenters. The first kappa shape index (κ1) is 28.0. The van der Waals surface area contributed by atoms with E-state index >= 15 is 0 Å². The lowest BCUT2D eigenvalue weighted by molar-refractivity contribution is -0.164. The molecule has 0 saturated carbocycles. The molecule has 0 radical (unpaired) electrons. The van der Waals surface area contributed by atoms with Gasteiger partial charge in [0.15, 0.2) is 6.10 Å². The third-order valence-electron chi connectivity index (χ3n) is 8.25. The fraction of sp³-hybridized carbons (Fsp3) is 0.250. The first-order chi connectivity index (χ1) is 20.6. The molecule has 4 aromatic carbocycles. The summed E-state index contributed by atoms with van der Waals surface area (Å²) < 4.78 is 6.29. The Balaban J connectivity index is 1.29. The van der Waals surface area contributed by atoms with Crippen LogP contribution in [-0.4, -0.2) is 33.7 Å². The summed E-state index contributed by atoms with van der Waals surface area (Å²) >= 11 is 1.18. The van der Waals surface area contributed by atoms with Crippen LogP contribution >= 0.6 is 11.8 Å². The number of carbonyl (C=O) groups is 3. The molecule has 0 aromatic heterocycles. The molecule has 42 heavy (non-hydrogen) atoms. The van der Waals surface area contributed by atoms with E-state index in [9.17, 15) is 14.4 Å². The summed E-state index contributed by atoms with van der Waals surface area (Å²) in [6, 6.07) is 35.8. The van der Waals surface area contributed by atoms with Gasteiger partial charge in [-0.3, -0.25) is 9.59 Å². The zero-order valence-electron chi connectivity index (χ0n) is 23.3. The third kappa shape index (κ3) is 5.90. The van der Waals surface area contributed by atoms with E-state index in [-0.39, 0.29) is 17.1 Å². The Labute approximate surface area is 250 Å². The first-order valence-corrected chi connectivity index (χ1v) is 15.5. The van der Waals surface area contributed by atoms with E-state index in [0.717, 1.165) is 35.1 Å². The van der Waals surface area contributed by atoms with Gasteiger partial charge in [0.1, 0.15) is 6.04 Å². The van der Waals surface area contributed by atoms with Crippen LogP contribution < -0.4 is 0 Å². The van der Waals surface area contributed by atoms with Crippen LogP contribution in [0.25, 0.3) is 0 Å². The zero-order chi connectivity index (χ0) is 28.9. The number of amides is 1. The molecule has 0 N–H and O–H groups in total. The third-order valence-corrected chi connectivity index (χ3v) is 9.31. The summed E-state index contributed by atoms with van der Waals surface area (Å²) in [7, 11) is 0. The number of ether oxygens (including phenoxy) is 1. The van der Waals surface area contributed by atoms with Gasteiger partial charge in [-0.05, 0) is 47.9 Å². The zero-order valence-corrected chi connectivity index (χ0v) is 24.1. The van der Waals surface area contributed by atoms with E-state index in [2.05, 4.69) is 12.1 Å². The molecule has 212 valence electrons. The number of piperidine rings is 1. The molecular formula is C36H33NO4S. The maximum absolute atomic E-state index is 14.3. The van der Waals surface area contributed by atoms with Crippen molar-refractivity contribution >= 4 is 28.8 Å². The summed E-state index contributed by atoms with van der Waals surface area (Å²) in [6.45, 7) is 0. The molecule has 5 nitrogen and oxygen atoms in total. The average molecular weight is 576 g/mol. The summed E-state index contributed by atoms with van der Waals surface area (Å²) in [6.07, 6.45) is 2.11. The number of nitrogens with zero attached hydrogens (tertiary/aromatic N) is 1. The Morgan fingerprint density at radius 2 is 1.38 bits per heavy atom. The number of fused-ring (bicyclic) bond motifs is 3. The van der Waals surface area contributed by atoms with Crippen molar-refractivity contribution in [3.05, 3.63) is 143 Å². The second-order valence-corrected chi connectivity index (χ2v) is 11.9. The quantitative estimate of drug-likeness (QED) is 0.218. The molecule has 2 aliphatic heterocycles. The molecule has 3 atom stereocenters. The number of rotatable bonds is 7. The molecule has 1 fully saturated rings. The summed E-state index contributed by atoms with van der Waals surface area (Å²) in [4.78, 5) is 43.1. The number of benzene rings is 4. The largest absolute Gasteiger partial charge is 0.451 e. The van der Waals surface area contributed by atoms with Crippen LogP contribution in [0, 0.1) is 5.92 Å². The van der Waals surface area contributed by atoms with Crippen LogP contribution in [0.1, 0.15) is 64.0 Å². The highest BCUT2D eigenvalue weighted by atomic mass is 32.2. The van der Waals surface area contributed by atoms with Gasteiger partial charge in [0, 0.05) is 11.3 Å². The van der Waals surface area contributed by atoms with E-state index in [0.29, 0.717) is 24.2 Å². The van der Waals surface area contributed by atoms with E-state index in [4.69, 9.17) is 4.74 Å². The van der Waals surface area contributed by atoms with Crippen molar-refractivity contribution in [1.29, 1.82) is 0 Å². The lowest BCUT2D eigenvalue weighted by Crippen LogP contribution is -2.52. The van der Waals surface area contributed by atoms with Gasteiger partial charge < -0.3 is 9.64 Å². The van der Waals surface area contributed by atoms with Crippen LogP contribution in [0.3, 0.4) is 0 Å². The number of esters is 1. The minimum Gasteiger partial charge on any atom is -0.451 e. The molecule has 1 saturated heterocycles. The maximum atomic E-state index is 14.3. The summed E-state index contributed by atoms with van der Waals surface area (Å²) in [5.41, 5.74) is 4.58. The van der Waals surface area contributed by atoms with E-state index in [1.807, 2.05) is 91.0 Å². The molecular weight excluding hydrogens is 542 g/mol. The average Bonchev–Trinajstić information content (AvgIpc) is 3.17. The monoisotopic (exact) mass is 575 g/mol. The first-order valence-electron chi connectivity index (χ1n) is 14.5. The van der Waals surface area contributed by atoms with Gasteiger partial charge in [0.2, 0.25) is 11.0 Å². The minimum absolute atomic E-state index is 0.0550. The molecule has 0 bridgehead atoms. The normalized spacial score (nSPS) is 19.9. The number of hydrogen-bond donors (Lipinski definition) is 0. The molecule has 0 aliphatic carbocycles. The Kier molecular flexibility index (Phi) is 8.52. The Morgan fingerprint density at radius 1 is 0.786 bits per heavy atom. The Hall–Kier alpha value is -4.16. The second-order valence-electron chi connectivity index (χ2n) is 10.9. The SMILES string of the molecule is O=C(SCC1Cc2ccccc2C2CCCC(C(=O)OC(c3ccccc3)c3ccccc3)N2C1=O)c1ccccc1. The predicted molar refractivity (Wildman–Crippen MR) is 165 cm³/mol. The molecule has 2 aliphatic rings. The van der Waals surface area contributed by atoms with Crippen molar-refractivity contribution in [3.8, 4) is 0 Å². The van der Waals surface area contributed by atoms with Gasteiger partial charge in [-0.2, -0.15) is 0 Å². The van der Waals surface area contributed by atoms with Crippen LogP contribution in [0.15, 0.2) is 115 Å². The van der Waals surface area contributed by atoms with E-state index in [1.54, 1.807) is 17.0 Å². The highest BCUT2D eigenvalue weighted by Gasteiger charge is 2.45. The Morgan fingerprint density at radius 3 is 2.05 bits per heavy atom. The molecule has 1 amide bonds. The topological polar surface area (TPSA) is 63.7 Å². The summed E-state index contributed by atoms with van der Waals surface area (Å²) in [5.74, 6) is -0.553. The van der Waals surface area contributed by atoms with Gasteiger partial charge in [-0.15, -0.1) is 0 Å². The standard InChI is InChI=1S/C36H33NO4S/c38-34-29(24-42-36(40)27-17-8-3-9-18-27)23-28-19-10-11-20-30(28)31-21-12-22-32(37(31)34)35(39)41-33(25-13-4-1-5-14-25)26-15-6-2-7-16-26/h1-11,13-20,29,31-33H,12,21-24H2. The van der Waals surface area contributed by atoms with Crippen molar-refractivity contribution in [3.63, 3.8) is 0 Å². The fourth-order valence-corrected chi connectivity index (χ4v) is 7.11. The minimum atomic E-state index is -0.699. The number of carbonyl (C=O) groups excluding carboxylic acids is 3. The number of thioether (sulfide) groups is 1. The second kappa shape index (κ2) is 12.8. The van der Waals surface area contributed by atoms with Crippen molar-refractivity contribution in [2.45, 2.75) is 43.9 Å². The molecule has 6 rings (SSSR count). The van der Waals surface area contributed by atoms with Crippen LogP contribution in [0.4, 0.5) is 0 Å². The van der Waals surface area contributed by atoms with Crippen molar-refractivity contribution in [2.75, 3.05) is 5.75 Å². The van der Waals surface area contributed by atoms with Gasteiger partial charge in [-0.25, -0.2) is 4.79 Å². The maximum Gasteiger partial charge on any atom is 0.329 e. The van der Waals surface area contributed by atoms with Gasteiger partial charge in [0.05, 0.1) is 12.0 Å². The van der Waals surface area contributed by atoms with Crippen molar-refractivity contribution in [1.82, 2.24) is 4.90 Å². The van der Waals surface area contributed by atoms with Crippen molar-refractivity contribution < 1.29 is 19.1 Å². The summed E-state index contributed by atoms with van der Waals surface area (Å²) in [5, 5.41) is -0.0550. The van der Waals surface area contributed by atoms with Crippen LogP contribution in [0.5, 0.6) is 0 Å². The molecule has 6 heteroatoms. The van der Waals surface area contributed by atoms with E-state index < -0.39 is 24.0 Å². The smallest absolute Gasteiger partial charge is 0.329 e. The van der Waals surface area contributed by atoms with Gasteiger partial charge in [0.25, 0.3) is 0 Å². The number of hydrogen-bond acceptors (Lipinski definition) is 5. The van der Waals surface area contributed by atoms with Crippen molar-refractivity contribution in [2.24, 2.45) is 5.92 Å². The van der Waals surface area contributed by atoms with E-state index in [1.165, 1.54) is 11.8 Å². The van der Waals surface area contributed by atoms with Gasteiger partial charge >= 0.3 is 5.97 Å². The van der Waals surface area contributed by atoms with Gasteiger partial charge in [-0.1, -0.05) is 127 Å². The molecule has 2 heterocycles. The molecule has 4 aromatic rings. The van der Waals surface area contributed by atoms with Crippen LogP contribution in [0.2, 0.25) is 0 Å². The fourth-order valence-electron chi connectivity index (χ4n) is 6.20. The predicted octanol–water partition coefficient (Wildman–Crippen LogP) is 7.19. The lowest BCUT2D eigenvalue weighted by atomic mass is 9.89. The lowest BCUT2D eigenvalue weighted by Gasteiger charge is -2.41. The highest BCUT2D eigenvalue weighted by molar-refractivity contribution is 8.14. The Bertz CT molecular complexity index is 1500. The van der Waals surface area contributed by atoms with Crippen LogP contribution in [-0.2, 0) is 20.7 Å².